The van der Waals surface area contributed by atoms with Crippen molar-refractivity contribution in [1.82, 2.24) is 5.43 Å². The predicted octanol–water partition coefficient (Wildman–Crippen LogP) is 2.84. The van der Waals surface area contributed by atoms with Crippen molar-refractivity contribution >= 4 is 21.8 Å². The Morgan fingerprint density at radius 1 is 1.40 bits per heavy atom. The van der Waals surface area contributed by atoms with Crippen molar-refractivity contribution in [3.63, 3.8) is 0 Å². The molecule has 2 aromatic rings. The Labute approximate surface area is 125 Å². The molecule has 0 bridgehead atoms. The number of benzene rings is 1. The Morgan fingerprint density at radius 2 is 2.15 bits per heavy atom. The number of hydrogen-bond acceptors (Lipinski definition) is 4. The molecule has 6 heteroatoms. The van der Waals surface area contributed by atoms with E-state index in [1.807, 2.05) is 30.5 Å². The fourth-order valence-corrected chi connectivity index (χ4v) is 2.33. The molecule has 20 heavy (non-hydrogen) atoms. The Morgan fingerprint density at radius 3 is 2.80 bits per heavy atom. The Bertz CT molecular complexity index is 637. The minimum Gasteiger partial charge on any atom is -0.488 e. The molecule has 0 aliphatic carbocycles. The first-order valence-electron chi connectivity index (χ1n) is 6.00. The van der Waals surface area contributed by atoms with E-state index in [0.29, 0.717) is 12.4 Å². The fraction of sp³-hybridized carbons (Fsp3) is 0.214. The van der Waals surface area contributed by atoms with Gasteiger partial charge in [-0.2, -0.15) is 0 Å². The van der Waals surface area contributed by atoms with E-state index in [1.165, 1.54) is 0 Å². The fourth-order valence-electron chi connectivity index (χ4n) is 1.72. The number of halogens is 1. The zero-order valence-electron chi connectivity index (χ0n) is 11.2. The molecule has 0 fully saturated rings. The minimum atomic E-state index is -0.462. The van der Waals surface area contributed by atoms with Crippen LogP contribution in [0.4, 0.5) is 0 Å². The number of nitrogens with two attached hydrogens (primary N) is 1. The maximum Gasteiger partial charge on any atom is 0.300 e. The van der Waals surface area contributed by atoms with Crippen LogP contribution in [0.15, 0.2) is 33.2 Å². The molecule has 0 unspecified atom stereocenters. The number of carbonyl (C=O) groups is 1. The van der Waals surface area contributed by atoms with Crippen molar-refractivity contribution in [3.8, 4) is 5.75 Å². The third-order valence-electron chi connectivity index (χ3n) is 2.85. The molecule has 1 aromatic carbocycles. The van der Waals surface area contributed by atoms with Gasteiger partial charge in [0.25, 0.3) is 0 Å². The van der Waals surface area contributed by atoms with Crippen LogP contribution in [0.3, 0.4) is 0 Å². The summed E-state index contributed by atoms with van der Waals surface area (Å²) in [5.74, 6) is 6.14. The van der Waals surface area contributed by atoms with Gasteiger partial charge in [-0.1, -0.05) is 6.07 Å². The summed E-state index contributed by atoms with van der Waals surface area (Å²) < 4.78 is 11.9. The molecule has 0 saturated carbocycles. The maximum atomic E-state index is 11.4. The van der Waals surface area contributed by atoms with Crippen molar-refractivity contribution in [2.24, 2.45) is 5.84 Å². The molecule has 1 heterocycles. The third-order valence-corrected chi connectivity index (χ3v) is 3.47. The van der Waals surface area contributed by atoms with Gasteiger partial charge in [0.15, 0.2) is 5.76 Å². The predicted molar refractivity (Wildman–Crippen MR) is 78.3 cm³/mol. The summed E-state index contributed by atoms with van der Waals surface area (Å²) in [5, 5.41) is 0. The van der Waals surface area contributed by atoms with Gasteiger partial charge in [-0.05, 0) is 53.5 Å². The first kappa shape index (κ1) is 14.6. The quantitative estimate of drug-likeness (QED) is 0.510. The van der Waals surface area contributed by atoms with Gasteiger partial charge in [-0.15, -0.1) is 0 Å². The van der Waals surface area contributed by atoms with Gasteiger partial charge in [0.1, 0.15) is 18.1 Å². The lowest BCUT2D eigenvalue weighted by Crippen LogP contribution is -2.29. The van der Waals surface area contributed by atoms with Gasteiger partial charge >= 0.3 is 5.91 Å². The molecule has 0 radical (unpaired) electrons. The van der Waals surface area contributed by atoms with Crippen molar-refractivity contribution < 1.29 is 13.9 Å². The standard InChI is InChI=1S/C14H15BrN2O3/c1-8-3-4-12(11(15)5-8)19-7-10-6-13(14(18)17-16)20-9(10)2/h3-6H,7,16H2,1-2H3,(H,17,18). The Hall–Kier alpha value is -1.79. The number of rotatable bonds is 4. The van der Waals surface area contributed by atoms with Gasteiger partial charge in [0.05, 0.1) is 4.47 Å². The number of amides is 1. The summed E-state index contributed by atoms with van der Waals surface area (Å²) in [6.45, 7) is 4.09. The number of nitrogens with one attached hydrogen (secondary N) is 1. The van der Waals surface area contributed by atoms with E-state index in [4.69, 9.17) is 15.0 Å². The van der Waals surface area contributed by atoms with Crippen molar-refractivity contribution in [2.75, 3.05) is 0 Å². The molecule has 1 amide bonds. The number of hydrogen-bond donors (Lipinski definition) is 2. The maximum absolute atomic E-state index is 11.4. The highest BCUT2D eigenvalue weighted by Gasteiger charge is 2.14. The van der Waals surface area contributed by atoms with E-state index in [0.717, 1.165) is 21.3 Å². The van der Waals surface area contributed by atoms with Crippen LogP contribution >= 0.6 is 15.9 Å². The molecule has 106 valence electrons. The van der Waals surface area contributed by atoms with Crippen LogP contribution in [-0.4, -0.2) is 5.91 Å². The van der Waals surface area contributed by atoms with E-state index in [-0.39, 0.29) is 5.76 Å². The van der Waals surface area contributed by atoms with Crippen molar-refractivity contribution in [1.29, 1.82) is 0 Å². The van der Waals surface area contributed by atoms with Crippen LogP contribution in [0.1, 0.15) is 27.4 Å². The molecular formula is C14H15BrN2O3. The lowest BCUT2D eigenvalue weighted by atomic mass is 10.2. The summed E-state index contributed by atoms with van der Waals surface area (Å²) in [6, 6.07) is 7.46. The second-order valence-electron chi connectivity index (χ2n) is 4.39. The van der Waals surface area contributed by atoms with Gasteiger partial charge < -0.3 is 9.15 Å². The van der Waals surface area contributed by atoms with E-state index >= 15 is 0 Å². The summed E-state index contributed by atoms with van der Waals surface area (Å²) >= 11 is 3.45. The van der Waals surface area contributed by atoms with E-state index in [2.05, 4.69) is 15.9 Å². The van der Waals surface area contributed by atoms with Crippen molar-refractivity contribution in [3.05, 3.63) is 51.4 Å². The molecule has 1 aromatic heterocycles. The lowest BCUT2D eigenvalue weighted by Gasteiger charge is -2.08. The molecule has 0 aliphatic heterocycles. The van der Waals surface area contributed by atoms with Crippen LogP contribution in [0.5, 0.6) is 5.75 Å². The highest BCUT2D eigenvalue weighted by Crippen LogP contribution is 2.27. The highest BCUT2D eigenvalue weighted by atomic mass is 79.9. The molecule has 0 saturated heterocycles. The highest BCUT2D eigenvalue weighted by molar-refractivity contribution is 9.10. The number of carbonyl (C=O) groups excluding carboxylic acids is 1. The Kier molecular flexibility index (Phi) is 4.46. The van der Waals surface area contributed by atoms with Gasteiger partial charge in [0.2, 0.25) is 0 Å². The summed E-state index contributed by atoms with van der Waals surface area (Å²) in [7, 11) is 0. The zero-order valence-corrected chi connectivity index (χ0v) is 12.8. The normalized spacial score (nSPS) is 10.4. The summed E-state index contributed by atoms with van der Waals surface area (Å²) in [5.41, 5.74) is 3.98. The van der Waals surface area contributed by atoms with Crippen LogP contribution in [0.2, 0.25) is 0 Å². The summed E-state index contributed by atoms with van der Waals surface area (Å²) in [6.07, 6.45) is 0. The topological polar surface area (TPSA) is 77.5 Å². The van der Waals surface area contributed by atoms with Gasteiger partial charge in [-0.25, -0.2) is 5.84 Å². The van der Waals surface area contributed by atoms with Gasteiger partial charge in [0, 0.05) is 5.56 Å². The SMILES string of the molecule is Cc1ccc(OCc2cc(C(=O)NN)oc2C)c(Br)c1. The molecule has 0 spiro atoms. The van der Waals surface area contributed by atoms with E-state index < -0.39 is 5.91 Å². The number of nitrogen functional groups attached to an aromatic ring is 1. The third kappa shape index (κ3) is 3.20. The molecule has 0 aliphatic rings. The van der Waals surface area contributed by atoms with E-state index in [9.17, 15) is 4.79 Å². The largest absolute Gasteiger partial charge is 0.488 e. The lowest BCUT2D eigenvalue weighted by molar-refractivity contribution is 0.0924. The number of ether oxygens (including phenoxy) is 1. The van der Waals surface area contributed by atoms with Crippen LogP contribution < -0.4 is 16.0 Å². The molecule has 5 nitrogen and oxygen atoms in total. The van der Waals surface area contributed by atoms with Crippen molar-refractivity contribution in [2.45, 2.75) is 20.5 Å². The number of furan rings is 1. The Balaban J connectivity index is 2.11. The van der Waals surface area contributed by atoms with Crippen LogP contribution in [0, 0.1) is 13.8 Å². The summed E-state index contributed by atoms with van der Waals surface area (Å²) in [4.78, 5) is 11.4. The minimum absolute atomic E-state index is 0.173. The number of hydrazine groups is 1. The number of aryl methyl sites for hydroxylation is 2. The molecule has 2 rings (SSSR count). The molecule has 0 atom stereocenters. The average molecular weight is 339 g/mol. The first-order chi connectivity index (χ1) is 9.51. The first-order valence-corrected chi connectivity index (χ1v) is 6.79. The van der Waals surface area contributed by atoms with E-state index in [1.54, 1.807) is 13.0 Å². The van der Waals surface area contributed by atoms with Crippen LogP contribution in [-0.2, 0) is 6.61 Å². The average Bonchev–Trinajstić information content (AvgIpc) is 2.78. The van der Waals surface area contributed by atoms with Gasteiger partial charge in [-0.3, -0.25) is 10.2 Å². The van der Waals surface area contributed by atoms with Crippen LogP contribution in [0.25, 0.3) is 0 Å². The second-order valence-corrected chi connectivity index (χ2v) is 5.24. The molecular weight excluding hydrogens is 324 g/mol. The smallest absolute Gasteiger partial charge is 0.300 e. The molecule has 3 N–H and O–H groups in total. The second kappa shape index (κ2) is 6.11. The zero-order chi connectivity index (χ0) is 14.7. The monoisotopic (exact) mass is 338 g/mol.